The van der Waals surface area contributed by atoms with E-state index in [1.165, 1.54) is 0 Å². The van der Waals surface area contributed by atoms with E-state index in [0.717, 1.165) is 5.56 Å². The molecule has 0 aliphatic carbocycles. The molecule has 2 heterocycles. The molecular weight excluding hydrogens is 358 g/mol. The van der Waals surface area contributed by atoms with Gasteiger partial charge in [-0.25, -0.2) is 9.97 Å². The highest BCUT2D eigenvalue weighted by molar-refractivity contribution is 5.96. The second-order valence-corrected chi connectivity index (χ2v) is 6.45. The van der Waals surface area contributed by atoms with Crippen LogP contribution in [0.5, 0.6) is 0 Å². The third-order valence-electron chi connectivity index (χ3n) is 4.66. The second kappa shape index (κ2) is 9.07. The van der Waals surface area contributed by atoms with Crippen molar-refractivity contribution in [2.24, 2.45) is 0 Å². The van der Waals surface area contributed by atoms with Crippen molar-refractivity contribution in [3.8, 4) is 11.4 Å². The number of amides is 3. The summed E-state index contributed by atoms with van der Waals surface area (Å²) in [6, 6.07) is 8.65. The van der Waals surface area contributed by atoms with Gasteiger partial charge in [-0.2, -0.15) is 0 Å². The quantitative estimate of drug-likeness (QED) is 0.832. The minimum Gasteiger partial charge on any atom is -0.343 e. The minimum atomic E-state index is -0.311. The smallest absolute Gasteiger partial charge is 0.251 e. The monoisotopic (exact) mass is 381 g/mol. The number of nitrogens with zero attached hydrogens (tertiary/aromatic N) is 4. The molecule has 1 aromatic heterocycles. The Kier molecular flexibility index (Phi) is 6.31. The topological polar surface area (TPSA) is 95.5 Å². The molecule has 1 N–H and O–H groups in total. The van der Waals surface area contributed by atoms with Crippen molar-refractivity contribution in [1.29, 1.82) is 0 Å². The highest BCUT2D eigenvalue weighted by Crippen LogP contribution is 2.14. The lowest BCUT2D eigenvalue weighted by atomic mass is 10.1. The third kappa shape index (κ3) is 4.70. The van der Waals surface area contributed by atoms with Gasteiger partial charge in [-0.3, -0.25) is 14.4 Å². The van der Waals surface area contributed by atoms with Crippen LogP contribution in [0.25, 0.3) is 11.4 Å². The van der Waals surface area contributed by atoms with E-state index >= 15 is 0 Å². The molecule has 0 saturated carbocycles. The first kappa shape index (κ1) is 19.5. The van der Waals surface area contributed by atoms with Gasteiger partial charge in [0, 0.05) is 56.1 Å². The number of nitrogens with one attached hydrogen (secondary N) is 1. The molecule has 0 radical (unpaired) electrons. The first-order valence-corrected chi connectivity index (χ1v) is 9.29. The number of aromatic nitrogens is 2. The molecule has 8 nitrogen and oxygen atoms in total. The summed E-state index contributed by atoms with van der Waals surface area (Å²) < 4.78 is 0. The number of rotatable bonds is 5. The van der Waals surface area contributed by atoms with Gasteiger partial charge in [0.2, 0.25) is 11.8 Å². The molecule has 3 rings (SSSR count). The highest BCUT2D eigenvalue weighted by atomic mass is 16.2. The molecule has 0 bridgehead atoms. The zero-order chi connectivity index (χ0) is 19.9. The first-order valence-electron chi connectivity index (χ1n) is 9.29. The Morgan fingerprint density at radius 3 is 2.07 bits per heavy atom. The summed E-state index contributed by atoms with van der Waals surface area (Å²) in [5.41, 5.74) is 1.28. The fraction of sp³-hybridized carbons (Fsp3) is 0.350. The lowest BCUT2D eigenvalue weighted by Gasteiger charge is -2.34. The molecule has 1 aliphatic heterocycles. The van der Waals surface area contributed by atoms with E-state index in [-0.39, 0.29) is 24.3 Å². The summed E-state index contributed by atoms with van der Waals surface area (Å²) in [4.78, 5) is 48.1. The predicted molar refractivity (Wildman–Crippen MR) is 103 cm³/mol. The average molecular weight is 381 g/mol. The zero-order valence-electron chi connectivity index (χ0n) is 15.8. The van der Waals surface area contributed by atoms with Gasteiger partial charge in [0.15, 0.2) is 5.82 Å². The predicted octanol–water partition coefficient (Wildman–Crippen LogP) is 0.954. The third-order valence-corrected chi connectivity index (χ3v) is 4.66. The summed E-state index contributed by atoms with van der Waals surface area (Å²) in [5, 5.41) is 2.66. The van der Waals surface area contributed by atoms with Crippen LogP contribution in [0.15, 0.2) is 42.7 Å². The Morgan fingerprint density at radius 1 is 0.929 bits per heavy atom. The van der Waals surface area contributed by atoms with E-state index in [4.69, 9.17) is 0 Å². The summed E-state index contributed by atoms with van der Waals surface area (Å²) in [5.74, 6) is 0.231. The maximum Gasteiger partial charge on any atom is 0.251 e. The van der Waals surface area contributed by atoms with Crippen molar-refractivity contribution in [3.05, 3.63) is 48.3 Å². The number of benzene rings is 1. The molecule has 8 heteroatoms. The molecule has 1 aliphatic rings. The Morgan fingerprint density at radius 2 is 1.50 bits per heavy atom. The molecule has 0 atom stereocenters. The minimum absolute atomic E-state index is 0.0654. The van der Waals surface area contributed by atoms with Crippen LogP contribution in [-0.4, -0.2) is 70.2 Å². The van der Waals surface area contributed by atoms with Crippen molar-refractivity contribution in [2.75, 3.05) is 32.7 Å². The Labute approximate surface area is 163 Å². The molecule has 1 aromatic carbocycles. The molecule has 1 saturated heterocycles. The number of carbonyl (C=O) groups is 3. The number of hydrogen-bond donors (Lipinski definition) is 1. The van der Waals surface area contributed by atoms with Crippen LogP contribution >= 0.6 is 0 Å². The van der Waals surface area contributed by atoms with Crippen LogP contribution in [0.4, 0.5) is 0 Å². The van der Waals surface area contributed by atoms with Gasteiger partial charge in [-0.15, -0.1) is 0 Å². The van der Waals surface area contributed by atoms with E-state index in [1.54, 1.807) is 52.5 Å². The van der Waals surface area contributed by atoms with Crippen LogP contribution in [0, 0.1) is 0 Å². The van der Waals surface area contributed by atoms with Crippen molar-refractivity contribution >= 4 is 17.7 Å². The SMILES string of the molecule is CCC(=O)N1CCN(C(=O)CNC(=O)c2ccc(-c3ncccn3)cc2)CC1. The number of hydrogen-bond acceptors (Lipinski definition) is 5. The maximum atomic E-state index is 12.3. The van der Waals surface area contributed by atoms with Gasteiger partial charge in [0.05, 0.1) is 6.54 Å². The van der Waals surface area contributed by atoms with E-state index in [2.05, 4.69) is 15.3 Å². The molecule has 28 heavy (non-hydrogen) atoms. The van der Waals surface area contributed by atoms with Crippen LogP contribution in [-0.2, 0) is 9.59 Å². The van der Waals surface area contributed by atoms with Gasteiger partial charge >= 0.3 is 0 Å². The average Bonchev–Trinajstić information content (AvgIpc) is 2.77. The lowest BCUT2D eigenvalue weighted by Crippen LogP contribution is -2.52. The van der Waals surface area contributed by atoms with Gasteiger partial charge < -0.3 is 15.1 Å². The Hall–Kier alpha value is -3.29. The maximum absolute atomic E-state index is 12.3. The van der Waals surface area contributed by atoms with Gasteiger partial charge in [0.25, 0.3) is 5.91 Å². The van der Waals surface area contributed by atoms with E-state index in [9.17, 15) is 14.4 Å². The fourth-order valence-electron chi connectivity index (χ4n) is 3.02. The Bertz CT molecular complexity index is 831. The summed E-state index contributed by atoms with van der Waals surface area (Å²) in [6.45, 7) is 3.82. The fourth-order valence-corrected chi connectivity index (χ4v) is 3.02. The number of carbonyl (C=O) groups excluding carboxylic acids is 3. The van der Waals surface area contributed by atoms with Crippen LogP contribution in [0.3, 0.4) is 0 Å². The summed E-state index contributed by atoms with van der Waals surface area (Å²) >= 11 is 0. The molecule has 2 aromatic rings. The zero-order valence-corrected chi connectivity index (χ0v) is 15.8. The first-order chi connectivity index (χ1) is 13.6. The second-order valence-electron chi connectivity index (χ2n) is 6.45. The lowest BCUT2D eigenvalue weighted by molar-refractivity contribution is -0.138. The molecule has 3 amide bonds. The van der Waals surface area contributed by atoms with Gasteiger partial charge in [-0.1, -0.05) is 19.1 Å². The molecule has 0 unspecified atom stereocenters. The normalized spacial score (nSPS) is 13.9. The van der Waals surface area contributed by atoms with Crippen LogP contribution in [0.2, 0.25) is 0 Å². The summed E-state index contributed by atoms with van der Waals surface area (Å²) in [6.07, 6.45) is 3.79. The van der Waals surface area contributed by atoms with Crippen molar-refractivity contribution in [1.82, 2.24) is 25.1 Å². The van der Waals surface area contributed by atoms with Crippen LogP contribution in [0.1, 0.15) is 23.7 Å². The van der Waals surface area contributed by atoms with Crippen molar-refractivity contribution in [3.63, 3.8) is 0 Å². The van der Waals surface area contributed by atoms with Crippen molar-refractivity contribution < 1.29 is 14.4 Å². The molecule has 0 spiro atoms. The van der Waals surface area contributed by atoms with Crippen molar-refractivity contribution in [2.45, 2.75) is 13.3 Å². The molecular formula is C20H23N5O3. The number of piperazine rings is 1. The van der Waals surface area contributed by atoms with E-state index in [1.807, 2.05) is 6.92 Å². The van der Waals surface area contributed by atoms with E-state index in [0.29, 0.717) is 44.0 Å². The largest absolute Gasteiger partial charge is 0.343 e. The summed E-state index contributed by atoms with van der Waals surface area (Å²) in [7, 11) is 0. The van der Waals surface area contributed by atoms with Crippen LogP contribution < -0.4 is 5.32 Å². The molecule has 1 fully saturated rings. The molecule has 146 valence electrons. The highest BCUT2D eigenvalue weighted by Gasteiger charge is 2.23. The standard InChI is InChI=1S/C20H23N5O3/c1-2-17(26)24-10-12-25(13-11-24)18(27)14-23-20(28)16-6-4-15(5-7-16)19-21-8-3-9-22-19/h3-9H,2,10-14H2,1H3,(H,23,28). The van der Waals surface area contributed by atoms with E-state index < -0.39 is 0 Å². The van der Waals surface area contributed by atoms with Gasteiger partial charge in [-0.05, 0) is 18.2 Å². The van der Waals surface area contributed by atoms with Gasteiger partial charge in [0.1, 0.15) is 0 Å². The Balaban J connectivity index is 1.49.